The van der Waals surface area contributed by atoms with E-state index in [9.17, 15) is 4.79 Å². The van der Waals surface area contributed by atoms with E-state index in [1.807, 2.05) is 37.3 Å². The van der Waals surface area contributed by atoms with E-state index < -0.39 is 0 Å². The van der Waals surface area contributed by atoms with Crippen molar-refractivity contribution in [1.82, 2.24) is 5.32 Å². The molecule has 5 heteroatoms. The van der Waals surface area contributed by atoms with E-state index in [4.69, 9.17) is 5.73 Å². The summed E-state index contributed by atoms with van der Waals surface area (Å²) >= 11 is 1.53. The van der Waals surface area contributed by atoms with E-state index in [0.29, 0.717) is 12.3 Å². The fourth-order valence-corrected chi connectivity index (χ4v) is 1.77. The Morgan fingerprint density at radius 2 is 2.06 bits per heavy atom. The molecule has 1 atom stereocenters. The molecule has 16 heavy (non-hydrogen) atoms. The van der Waals surface area contributed by atoms with Crippen LogP contribution in [0, 0.1) is 0 Å². The molecule has 90 valence electrons. The van der Waals surface area contributed by atoms with Gasteiger partial charge >= 0.3 is 0 Å². The van der Waals surface area contributed by atoms with E-state index >= 15 is 0 Å². The molecule has 0 fully saturated rings. The first kappa shape index (κ1) is 15.3. The number of carbonyl (C=O) groups excluding carboxylic acids is 1. The highest BCUT2D eigenvalue weighted by atomic mass is 35.5. The SMILES string of the molecule is C[C@H](CN)NC(=O)CSc1ccccc1.Cl. The Bertz CT molecular complexity index is 308. The summed E-state index contributed by atoms with van der Waals surface area (Å²) in [6.07, 6.45) is 0. The maximum Gasteiger partial charge on any atom is 0.230 e. The summed E-state index contributed by atoms with van der Waals surface area (Å²) in [6, 6.07) is 9.91. The van der Waals surface area contributed by atoms with Crippen molar-refractivity contribution >= 4 is 30.1 Å². The molecule has 0 unspecified atom stereocenters. The number of hydrogen-bond donors (Lipinski definition) is 2. The zero-order valence-corrected chi connectivity index (χ0v) is 10.8. The van der Waals surface area contributed by atoms with E-state index in [1.165, 1.54) is 11.8 Å². The van der Waals surface area contributed by atoms with Crippen LogP contribution in [0.15, 0.2) is 35.2 Å². The minimum absolute atomic E-state index is 0. The Morgan fingerprint density at radius 3 is 2.62 bits per heavy atom. The molecule has 3 nitrogen and oxygen atoms in total. The minimum Gasteiger partial charge on any atom is -0.352 e. The second kappa shape index (κ2) is 8.44. The maximum absolute atomic E-state index is 11.4. The average molecular weight is 261 g/mol. The van der Waals surface area contributed by atoms with Crippen molar-refractivity contribution in [3.8, 4) is 0 Å². The molecule has 1 amide bonds. The Kier molecular flexibility index (Phi) is 8.07. The van der Waals surface area contributed by atoms with Crippen LogP contribution in [0.1, 0.15) is 6.92 Å². The predicted molar refractivity (Wildman–Crippen MR) is 71.1 cm³/mol. The van der Waals surface area contributed by atoms with Gasteiger partial charge in [-0.2, -0.15) is 0 Å². The smallest absolute Gasteiger partial charge is 0.230 e. The lowest BCUT2D eigenvalue weighted by molar-refractivity contribution is -0.119. The Hall–Kier alpha value is -0.710. The van der Waals surface area contributed by atoms with Crippen molar-refractivity contribution in [2.24, 2.45) is 5.73 Å². The molecule has 0 saturated heterocycles. The first-order valence-electron chi connectivity index (χ1n) is 4.89. The lowest BCUT2D eigenvalue weighted by Crippen LogP contribution is -2.38. The highest BCUT2D eigenvalue weighted by Gasteiger charge is 2.05. The van der Waals surface area contributed by atoms with Crippen molar-refractivity contribution < 1.29 is 4.79 Å². The van der Waals surface area contributed by atoms with Gasteiger partial charge < -0.3 is 11.1 Å². The predicted octanol–water partition coefficient (Wildman–Crippen LogP) is 1.66. The van der Waals surface area contributed by atoms with Crippen LogP contribution in [-0.4, -0.2) is 24.2 Å². The third-order valence-corrected chi connectivity index (χ3v) is 2.89. The van der Waals surface area contributed by atoms with Gasteiger partial charge in [0, 0.05) is 17.5 Å². The Labute approximate surface area is 107 Å². The molecular formula is C11H17ClN2OS. The third kappa shape index (κ3) is 6.00. The number of thioether (sulfide) groups is 1. The monoisotopic (exact) mass is 260 g/mol. The van der Waals surface area contributed by atoms with Crippen molar-refractivity contribution in [2.75, 3.05) is 12.3 Å². The van der Waals surface area contributed by atoms with E-state index in [2.05, 4.69) is 5.32 Å². The number of amides is 1. The zero-order valence-electron chi connectivity index (χ0n) is 9.18. The molecule has 0 aliphatic rings. The molecule has 1 rings (SSSR count). The summed E-state index contributed by atoms with van der Waals surface area (Å²) in [7, 11) is 0. The van der Waals surface area contributed by atoms with Crippen molar-refractivity contribution in [1.29, 1.82) is 0 Å². The minimum atomic E-state index is 0. The second-order valence-corrected chi connectivity index (χ2v) is 4.35. The number of nitrogens with one attached hydrogen (secondary N) is 1. The van der Waals surface area contributed by atoms with Gasteiger partial charge in [-0.1, -0.05) is 18.2 Å². The highest BCUT2D eigenvalue weighted by molar-refractivity contribution is 8.00. The molecule has 1 aromatic rings. The number of carbonyl (C=O) groups is 1. The molecule has 0 bridgehead atoms. The van der Waals surface area contributed by atoms with E-state index in [0.717, 1.165) is 4.90 Å². The van der Waals surface area contributed by atoms with Crippen LogP contribution in [0.25, 0.3) is 0 Å². The number of nitrogens with two attached hydrogens (primary N) is 1. The van der Waals surface area contributed by atoms with Gasteiger partial charge in [-0.05, 0) is 19.1 Å². The summed E-state index contributed by atoms with van der Waals surface area (Å²) in [5.41, 5.74) is 5.41. The van der Waals surface area contributed by atoms with Crippen molar-refractivity contribution in [3.05, 3.63) is 30.3 Å². The summed E-state index contributed by atoms with van der Waals surface area (Å²) < 4.78 is 0. The molecule has 1 aromatic carbocycles. The number of halogens is 1. The normalized spacial score (nSPS) is 11.4. The first-order valence-corrected chi connectivity index (χ1v) is 5.88. The Morgan fingerprint density at radius 1 is 1.44 bits per heavy atom. The average Bonchev–Trinajstić information content (AvgIpc) is 2.27. The van der Waals surface area contributed by atoms with Crippen LogP contribution in [0.2, 0.25) is 0 Å². The highest BCUT2D eigenvalue weighted by Crippen LogP contribution is 2.16. The van der Waals surface area contributed by atoms with Crippen molar-refractivity contribution in [2.45, 2.75) is 17.9 Å². The van der Waals surface area contributed by atoms with Gasteiger partial charge in [-0.15, -0.1) is 24.2 Å². The van der Waals surface area contributed by atoms with Crippen LogP contribution < -0.4 is 11.1 Å². The molecule has 0 saturated carbocycles. The van der Waals surface area contributed by atoms with E-state index in [-0.39, 0.29) is 24.4 Å². The number of benzene rings is 1. The molecule has 0 aliphatic heterocycles. The summed E-state index contributed by atoms with van der Waals surface area (Å²) in [4.78, 5) is 12.5. The largest absolute Gasteiger partial charge is 0.352 e. The number of rotatable bonds is 5. The van der Waals surface area contributed by atoms with Gasteiger partial charge in [0.05, 0.1) is 5.75 Å². The molecule has 0 radical (unpaired) electrons. The van der Waals surface area contributed by atoms with Gasteiger partial charge in [-0.3, -0.25) is 4.79 Å². The van der Waals surface area contributed by atoms with Gasteiger partial charge in [-0.25, -0.2) is 0 Å². The second-order valence-electron chi connectivity index (χ2n) is 3.31. The Balaban J connectivity index is 0.00000225. The molecular weight excluding hydrogens is 244 g/mol. The molecule has 0 spiro atoms. The standard InChI is InChI=1S/C11H16N2OS.ClH/c1-9(7-12)13-11(14)8-15-10-5-3-2-4-6-10;/h2-6,9H,7-8,12H2,1H3,(H,13,14);1H/t9-;/m1./s1. The van der Waals surface area contributed by atoms with Crippen molar-refractivity contribution in [3.63, 3.8) is 0 Å². The summed E-state index contributed by atoms with van der Waals surface area (Å²) in [5, 5.41) is 2.82. The zero-order chi connectivity index (χ0) is 11.1. The van der Waals surface area contributed by atoms with Gasteiger partial charge in [0.1, 0.15) is 0 Å². The third-order valence-electron chi connectivity index (χ3n) is 1.87. The van der Waals surface area contributed by atoms with Gasteiger partial charge in [0.25, 0.3) is 0 Å². The maximum atomic E-state index is 11.4. The van der Waals surface area contributed by atoms with Gasteiger partial charge in [0.2, 0.25) is 5.91 Å². The van der Waals surface area contributed by atoms with Crippen LogP contribution in [0.5, 0.6) is 0 Å². The van der Waals surface area contributed by atoms with Crippen LogP contribution in [0.3, 0.4) is 0 Å². The fraction of sp³-hybridized carbons (Fsp3) is 0.364. The van der Waals surface area contributed by atoms with E-state index in [1.54, 1.807) is 0 Å². The lowest BCUT2D eigenvalue weighted by Gasteiger charge is -2.10. The molecule has 3 N–H and O–H groups in total. The fourth-order valence-electron chi connectivity index (χ4n) is 1.04. The quantitative estimate of drug-likeness (QED) is 0.792. The summed E-state index contributed by atoms with van der Waals surface area (Å²) in [6.45, 7) is 2.37. The van der Waals surface area contributed by atoms with Gasteiger partial charge in [0.15, 0.2) is 0 Å². The molecule has 0 aliphatic carbocycles. The van der Waals surface area contributed by atoms with Crippen LogP contribution in [-0.2, 0) is 4.79 Å². The first-order chi connectivity index (χ1) is 7.22. The summed E-state index contributed by atoms with van der Waals surface area (Å²) in [5.74, 6) is 0.468. The molecule has 0 heterocycles. The van der Waals surface area contributed by atoms with Crippen LogP contribution >= 0.6 is 24.2 Å². The topological polar surface area (TPSA) is 55.1 Å². The molecule has 0 aromatic heterocycles. The lowest BCUT2D eigenvalue weighted by atomic mass is 10.3. The van der Waals surface area contributed by atoms with Crippen LogP contribution in [0.4, 0.5) is 0 Å². The number of hydrogen-bond acceptors (Lipinski definition) is 3.